The van der Waals surface area contributed by atoms with Gasteiger partial charge in [-0.1, -0.05) is 25.5 Å². The van der Waals surface area contributed by atoms with E-state index in [1.165, 1.54) is 0 Å². The Morgan fingerprint density at radius 3 is 2.80 bits per heavy atom. The zero-order valence-corrected chi connectivity index (χ0v) is 17.7. The van der Waals surface area contributed by atoms with Gasteiger partial charge in [-0.2, -0.15) is 0 Å². The lowest BCUT2D eigenvalue weighted by Crippen LogP contribution is -2.25. The zero-order chi connectivity index (χ0) is 21.5. The van der Waals surface area contributed by atoms with E-state index in [4.69, 9.17) is 4.74 Å². The maximum Gasteiger partial charge on any atom is 0.276 e. The van der Waals surface area contributed by atoms with Gasteiger partial charge in [-0.3, -0.25) is 14.2 Å². The largest absolute Gasteiger partial charge is 0.492 e. The van der Waals surface area contributed by atoms with Crippen LogP contribution in [0.3, 0.4) is 0 Å². The summed E-state index contributed by atoms with van der Waals surface area (Å²) in [5.74, 6) is 0.707. The molecule has 0 saturated heterocycles. The molecule has 7 heteroatoms. The third kappa shape index (κ3) is 4.68. The average Bonchev–Trinajstić information content (AvgIpc) is 2.74. The molecule has 0 spiro atoms. The molecular formula is C23H28N4O3. The first kappa shape index (κ1) is 21.5. The van der Waals surface area contributed by atoms with Crippen LogP contribution in [-0.4, -0.2) is 48.1 Å². The van der Waals surface area contributed by atoms with Gasteiger partial charge >= 0.3 is 0 Å². The zero-order valence-electron chi connectivity index (χ0n) is 17.7. The van der Waals surface area contributed by atoms with Crippen molar-refractivity contribution >= 4 is 23.1 Å². The number of anilines is 1. The fourth-order valence-corrected chi connectivity index (χ4v) is 3.38. The second-order valence-electron chi connectivity index (χ2n) is 7.38. The average molecular weight is 409 g/mol. The molecule has 0 fully saturated rings. The van der Waals surface area contributed by atoms with Crippen LogP contribution in [-0.2, 0) is 11.3 Å². The number of fused-ring (bicyclic) bond motifs is 1. The highest BCUT2D eigenvalue weighted by Crippen LogP contribution is 2.34. The summed E-state index contributed by atoms with van der Waals surface area (Å²) in [5, 5.41) is 3.45. The number of rotatable bonds is 10. The van der Waals surface area contributed by atoms with E-state index in [1.807, 2.05) is 55.4 Å². The standard InChI is InChI=1S/C23H28N4O3/c1-4-5-12-27-22-19(10-7-11-24-22)20(21(23(27)29)25-16-28)17-8-6-9-18(15-17)30-14-13-26(2)3/h6-11,15-16H,4-5,12-14H2,1-3H3,(H,25,28). The fraction of sp³-hybridized carbons (Fsp3) is 0.348. The summed E-state index contributed by atoms with van der Waals surface area (Å²) >= 11 is 0. The van der Waals surface area contributed by atoms with Crippen LogP contribution in [0.2, 0.25) is 0 Å². The van der Waals surface area contributed by atoms with E-state index < -0.39 is 0 Å². The van der Waals surface area contributed by atoms with Crippen molar-refractivity contribution in [1.29, 1.82) is 0 Å². The number of pyridine rings is 2. The minimum atomic E-state index is -0.254. The number of nitrogens with one attached hydrogen (secondary N) is 1. The third-order valence-electron chi connectivity index (χ3n) is 4.89. The number of carbonyl (C=O) groups excluding carboxylic acids is 1. The highest BCUT2D eigenvalue weighted by atomic mass is 16.5. The maximum absolute atomic E-state index is 13.3. The molecule has 0 unspecified atom stereocenters. The van der Waals surface area contributed by atoms with E-state index >= 15 is 0 Å². The van der Waals surface area contributed by atoms with E-state index in [0.717, 1.165) is 30.3 Å². The van der Waals surface area contributed by atoms with Crippen LogP contribution in [0.5, 0.6) is 5.75 Å². The van der Waals surface area contributed by atoms with Gasteiger partial charge in [-0.25, -0.2) is 4.98 Å². The van der Waals surface area contributed by atoms with Gasteiger partial charge in [0.05, 0.1) is 0 Å². The Hall–Kier alpha value is -3.19. The van der Waals surface area contributed by atoms with E-state index in [1.54, 1.807) is 10.8 Å². The Bertz CT molecular complexity index is 1080. The molecule has 7 nitrogen and oxygen atoms in total. The second kappa shape index (κ2) is 10.0. The summed E-state index contributed by atoms with van der Waals surface area (Å²) in [6.07, 6.45) is 4.03. The molecule has 2 aromatic heterocycles. The number of aryl methyl sites for hydroxylation is 1. The number of benzene rings is 1. The molecule has 0 aliphatic carbocycles. The molecule has 3 aromatic rings. The van der Waals surface area contributed by atoms with Crippen LogP contribution < -0.4 is 15.6 Å². The van der Waals surface area contributed by atoms with Crippen molar-refractivity contribution in [3.8, 4) is 16.9 Å². The van der Waals surface area contributed by atoms with Crippen molar-refractivity contribution in [3.63, 3.8) is 0 Å². The molecule has 158 valence electrons. The van der Waals surface area contributed by atoms with Crippen molar-refractivity contribution < 1.29 is 9.53 Å². The Labute approximate surface area is 176 Å². The number of amides is 1. The van der Waals surface area contributed by atoms with E-state index in [9.17, 15) is 9.59 Å². The monoisotopic (exact) mass is 408 g/mol. The quantitative estimate of drug-likeness (QED) is 0.521. The molecule has 2 heterocycles. The summed E-state index contributed by atoms with van der Waals surface area (Å²) in [5.41, 5.74) is 2.06. The van der Waals surface area contributed by atoms with Crippen LogP contribution in [0, 0.1) is 0 Å². The molecule has 0 bridgehead atoms. The Kier molecular flexibility index (Phi) is 7.19. The van der Waals surface area contributed by atoms with Crippen molar-refractivity contribution in [2.24, 2.45) is 0 Å². The van der Waals surface area contributed by atoms with Gasteiger partial charge in [-0.15, -0.1) is 0 Å². The number of carbonyl (C=O) groups is 1. The molecule has 0 atom stereocenters. The fourth-order valence-electron chi connectivity index (χ4n) is 3.38. The Morgan fingerprint density at radius 1 is 1.23 bits per heavy atom. The van der Waals surface area contributed by atoms with Crippen LogP contribution in [0.15, 0.2) is 47.4 Å². The Morgan fingerprint density at radius 2 is 2.07 bits per heavy atom. The van der Waals surface area contributed by atoms with Crippen molar-refractivity contribution in [2.45, 2.75) is 26.3 Å². The first-order valence-corrected chi connectivity index (χ1v) is 10.2. The lowest BCUT2D eigenvalue weighted by Gasteiger charge is -2.17. The van der Waals surface area contributed by atoms with E-state index in [-0.39, 0.29) is 11.2 Å². The smallest absolute Gasteiger partial charge is 0.276 e. The number of hydrogen-bond acceptors (Lipinski definition) is 5. The molecule has 1 amide bonds. The molecule has 0 aliphatic heterocycles. The molecule has 1 N–H and O–H groups in total. The summed E-state index contributed by atoms with van der Waals surface area (Å²) < 4.78 is 7.51. The summed E-state index contributed by atoms with van der Waals surface area (Å²) in [6.45, 7) is 3.96. The van der Waals surface area contributed by atoms with E-state index in [2.05, 4.69) is 17.2 Å². The van der Waals surface area contributed by atoms with Gasteiger partial charge in [-0.05, 0) is 50.3 Å². The lowest BCUT2D eigenvalue weighted by molar-refractivity contribution is -0.105. The van der Waals surface area contributed by atoms with Crippen molar-refractivity contribution in [3.05, 3.63) is 52.9 Å². The first-order valence-electron chi connectivity index (χ1n) is 10.2. The van der Waals surface area contributed by atoms with Gasteiger partial charge in [0.15, 0.2) is 0 Å². The number of unbranched alkanes of at least 4 members (excludes halogenated alkanes) is 1. The predicted octanol–water partition coefficient (Wildman–Crippen LogP) is 3.37. The van der Waals surface area contributed by atoms with Crippen LogP contribution >= 0.6 is 0 Å². The van der Waals surface area contributed by atoms with Gasteiger partial charge in [0.2, 0.25) is 6.41 Å². The molecule has 30 heavy (non-hydrogen) atoms. The second-order valence-corrected chi connectivity index (χ2v) is 7.38. The number of aromatic nitrogens is 2. The number of likely N-dealkylation sites (N-methyl/N-ethyl adjacent to an activating group) is 1. The summed E-state index contributed by atoms with van der Waals surface area (Å²) in [4.78, 5) is 31.1. The molecule has 0 radical (unpaired) electrons. The molecule has 1 aromatic carbocycles. The van der Waals surface area contributed by atoms with Crippen molar-refractivity contribution in [2.75, 3.05) is 32.6 Å². The number of ether oxygens (including phenoxy) is 1. The van der Waals surface area contributed by atoms with Gasteiger partial charge < -0.3 is 15.0 Å². The molecular weight excluding hydrogens is 380 g/mol. The van der Waals surface area contributed by atoms with Gasteiger partial charge in [0.25, 0.3) is 5.56 Å². The SMILES string of the molecule is CCCCn1c(=O)c(NC=O)c(-c2cccc(OCCN(C)C)c2)c2cccnc21. The topological polar surface area (TPSA) is 76.5 Å². The number of nitrogens with zero attached hydrogens (tertiary/aromatic N) is 3. The molecule has 0 saturated carbocycles. The molecule has 0 aliphatic rings. The number of hydrogen-bond donors (Lipinski definition) is 1. The first-order chi connectivity index (χ1) is 14.6. The molecule has 3 rings (SSSR count). The van der Waals surface area contributed by atoms with E-state index in [0.29, 0.717) is 36.5 Å². The van der Waals surface area contributed by atoms with Crippen LogP contribution in [0.25, 0.3) is 22.2 Å². The summed E-state index contributed by atoms with van der Waals surface area (Å²) in [7, 11) is 3.98. The lowest BCUT2D eigenvalue weighted by atomic mass is 10.00. The Balaban J connectivity index is 2.17. The predicted molar refractivity (Wildman–Crippen MR) is 120 cm³/mol. The minimum Gasteiger partial charge on any atom is -0.492 e. The van der Waals surface area contributed by atoms with Gasteiger partial charge in [0, 0.05) is 30.2 Å². The highest BCUT2D eigenvalue weighted by Gasteiger charge is 2.19. The normalized spacial score (nSPS) is 11.1. The maximum atomic E-state index is 13.3. The highest BCUT2D eigenvalue weighted by molar-refractivity contribution is 6.01. The van der Waals surface area contributed by atoms with Crippen LogP contribution in [0.4, 0.5) is 5.69 Å². The van der Waals surface area contributed by atoms with Gasteiger partial charge in [0.1, 0.15) is 23.7 Å². The minimum absolute atomic E-state index is 0.254. The third-order valence-corrected chi connectivity index (χ3v) is 4.89. The van der Waals surface area contributed by atoms with Crippen molar-refractivity contribution in [1.82, 2.24) is 14.5 Å². The van der Waals surface area contributed by atoms with Crippen LogP contribution in [0.1, 0.15) is 19.8 Å². The summed E-state index contributed by atoms with van der Waals surface area (Å²) in [6, 6.07) is 11.3.